The topological polar surface area (TPSA) is 77.5 Å². The number of anilines is 1. The number of amides is 1. The van der Waals surface area contributed by atoms with Crippen LogP contribution in [-0.2, 0) is 9.47 Å². The molecule has 0 radical (unpaired) electrons. The molecule has 0 bridgehead atoms. The molecule has 0 spiro atoms. The standard InChI is InChI=1S/C13H16BrClN2O4/c1-5-20-11(18)8-9(15)7(14)6-16-10(8)17-12(19)21-13(2,3)4/h6H,5H2,1-4H3,(H,16,17,19). The van der Waals surface area contributed by atoms with E-state index in [1.54, 1.807) is 27.7 Å². The smallest absolute Gasteiger partial charge is 0.413 e. The Balaban J connectivity index is 3.10. The molecule has 0 unspecified atom stereocenters. The molecule has 0 aromatic carbocycles. The molecule has 0 aliphatic carbocycles. The van der Waals surface area contributed by atoms with Crippen molar-refractivity contribution in [2.75, 3.05) is 11.9 Å². The van der Waals surface area contributed by atoms with Gasteiger partial charge in [0.1, 0.15) is 11.2 Å². The van der Waals surface area contributed by atoms with Crippen molar-refractivity contribution in [1.29, 1.82) is 0 Å². The summed E-state index contributed by atoms with van der Waals surface area (Å²) in [6, 6.07) is 0. The van der Waals surface area contributed by atoms with Gasteiger partial charge in [-0.1, -0.05) is 11.6 Å². The zero-order chi connectivity index (χ0) is 16.2. The van der Waals surface area contributed by atoms with E-state index < -0.39 is 17.7 Å². The van der Waals surface area contributed by atoms with Gasteiger partial charge in [0.05, 0.1) is 16.1 Å². The molecule has 21 heavy (non-hydrogen) atoms. The van der Waals surface area contributed by atoms with Crippen molar-refractivity contribution in [2.24, 2.45) is 0 Å². The summed E-state index contributed by atoms with van der Waals surface area (Å²) in [7, 11) is 0. The van der Waals surface area contributed by atoms with Gasteiger partial charge >= 0.3 is 12.1 Å². The van der Waals surface area contributed by atoms with E-state index in [2.05, 4.69) is 26.2 Å². The molecule has 0 aliphatic heterocycles. The number of pyridine rings is 1. The van der Waals surface area contributed by atoms with Crippen LogP contribution < -0.4 is 5.32 Å². The zero-order valence-electron chi connectivity index (χ0n) is 12.1. The van der Waals surface area contributed by atoms with Crippen molar-refractivity contribution < 1.29 is 19.1 Å². The zero-order valence-corrected chi connectivity index (χ0v) is 14.5. The molecule has 1 heterocycles. The Morgan fingerprint density at radius 3 is 2.57 bits per heavy atom. The number of nitrogens with one attached hydrogen (secondary N) is 1. The lowest BCUT2D eigenvalue weighted by molar-refractivity contribution is 0.0527. The highest BCUT2D eigenvalue weighted by atomic mass is 79.9. The van der Waals surface area contributed by atoms with Gasteiger partial charge in [0.15, 0.2) is 5.82 Å². The van der Waals surface area contributed by atoms with Crippen molar-refractivity contribution >= 4 is 45.4 Å². The van der Waals surface area contributed by atoms with Crippen molar-refractivity contribution in [1.82, 2.24) is 4.98 Å². The Kier molecular flexibility index (Phi) is 5.98. The maximum Gasteiger partial charge on any atom is 0.413 e. The molecular formula is C13H16BrClN2O4. The molecule has 1 amide bonds. The molecule has 8 heteroatoms. The van der Waals surface area contributed by atoms with Gasteiger partial charge in [0, 0.05) is 6.20 Å². The van der Waals surface area contributed by atoms with Crippen molar-refractivity contribution in [3.8, 4) is 0 Å². The molecule has 6 nitrogen and oxygen atoms in total. The fourth-order valence-corrected chi connectivity index (χ4v) is 1.87. The molecule has 0 atom stereocenters. The summed E-state index contributed by atoms with van der Waals surface area (Å²) in [5, 5.41) is 2.50. The van der Waals surface area contributed by atoms with Crippen LogP contribution in [0.2, 0.25) is 5.02 Å². The number of hydrogen-bond acceptors (Lipinski definition) is 5. The van der Waals surface area contributed by atoms with E-state index in [1.807, 2.05) is 0 Å². The first-order chi connectivity index (χ1) is 9.65. The van der Waals surface area contributed by atoms with E-state index in [1.165, 1.54) is 6.20 Å². The van der Waals surface area contributed by atoms with Crippen LogP contribution in [0.1, 0.15) is 38.1 Å². The van der Waals surface area contributed by atoms with E-state index in [4.69, 9.17) is 21.1 Å². The van der Waals surface area contributed by atoms with Crippen LogP contribution in [0.25, 0.3) is 0 Å². The fourth-order valence-electron chi connectivity index (χ4n) is 1.35. The van der Waals surface area contributed by atoms with E-state index >= 15 is 0 Å². The lowest BCUT2D eigenvalue weighted by Gasteiger charge is -2.20. The Bertz CT molecular complexity index is 558. The van der Waals surface area contributed by atoms with Gasteiger partial charge in [-0.15, -0.1) is 0 Å². The average Bonchev–Trinajstić information content (AvgIpc) is 2.32. The number of hydrogen-bond donors (Lipinski definition) is 1. The van der Waals surface area contributed by atoms with Gasteiger partial charge in [0.25, 0.3) is 0 Å². The molecule has 0 aliphatic rings. The van der Waals surface area contributed by atoms with Crippen LogP contribution in [0.15, 0.2) is 10.7 Å². The van der Waals surface area contributed by atoms with E-state index in [0.29, 0.717) is 4.47 Å². The number of halogens is 2. The quantitative estimate of drug-likeness (QED) is 0.803. The van der Waals surface area contributed by atoms with Crippen molar-refractivity contribution in [2.45, 2.75) is 33.3 Å². The highest BCUT2D eigenvalue weighted by Crippen LogP contribution is 2.30. The molecule has 1 N–H and O–H groups in total. The summed E-state index contributed by atoms with van der Waals surface area (Å²) in [4.78, 5) is 27.7. The van der Waals surface area contributed by atoms with Gasteiger partial charge < -0.3 is 9.47 Å². The first kappa shape index (κ1) is 17.7. The number of rotatable bonds is 3. The minimum absolute atomic E-state index is 0.0177. The third kappa shape index (κ3) is 5.17. The molecule has 0 saturated heterocycles. The Morgan fingerprint density at radius 1 is 1.43 bits per heavy atom. The summed E-state index contributed by atoms with van der Waals surface area (Å²) in [5.41, 5.74) is -0.702. The van der Waals surface area contributed by atoms with Gasteiger partial charge in [0.2, 0.25) is 0 Å². The SMILES string of the molecule is CCOC(=O)c1c(NC(=O)OC(C)(C)C)ncc(Br)c1Cl. The van der Waals surface area contributed by atoms with E-state index in [0.717, 1.165) is 0 Å². The van der Waals surface area contributed by atoms with Crippen molar-refractivity contribution in [3.63, 3.8) is 0 Å². The summed E-state index contributed by atoms with van der Waals surface area (Å²) in [5.74, 6) is -0.696. The summed E-state index contributed by atoms with van der Waals surface area (Å²) in [6.45, 7) is 7.01. The highest BCUT2D eigenvalue weighted by molar-refractivity contribution is 9.10. The van der Waals surface area contributed by atoms with Gasteiger partial charge in [-0.25, -0.2) is 14.6 Å². The van der Waals surface area contributed by atoms with Crippen LogP contribution in [0, 0.1) is 0 Å². The Morgan fingerprint density at radius 2 is 2.05 bits per heavy atom. The van der Waals surface area contributed by atoms with Crippen LogP contribution in [0.3, 0.4) is 0 Å². The molecular weight excluding hydrogens is 364 g/mol. The highest BCUT2D eigenvalue weighted by Gasteiger charge is 2.24. The molecule has 1 rings (SSSR count). The Hall–Kier alpha value is -1.34. The van der Waals surface area contributed by atoms with Crippen LogP contribution >= 0.6 is 27.5 Å². The van der Waals surface area contributed by atoms with Gasteiger partial charge in [-0.3, -0.25) is 5.32 Å². The van der Waals surface area contributed by atoms with Crippen LogP contribution in [0.5, 0.6) is 0 Å². The largest absolute Gasteiger partial charge is 0.462 e. The molecule has 0 fully saturated rings. The Labute approximate surface area is 136 Å². The number of carbonyl (C=O) groups excluding carboxylic acids is 2. The van der Waals surface area contributed by atoms with E-state index in [-0.39, 0.29) is 23.0 Å². The van der Waals surface area contributed by atoms with Gasteiger partial charge in [-0.05, 0) is 43.6 Å². The third-order valence-corrected chi connectivity index (χ3v) is 3.29. The van der Waals surface area contributed by atoms with Crippen LogP contribution in [-0.4, -0.2) is 29.3 Å². The number of carbonyl (C=O) groups is 2. The minimum atomic E-state index is -0.737. The number of ether oxygens (including phenoxy) is 2. The summed E-state index contributed by atoms with van der Waals surface area (Å²) >= 11 is 9.23. The predicted octanol–water partition coefficient (Wildman–Crippen LogP) is 4.02. The second kappa shape index (κ2) is 7.09. The molecule has 1 aromatic heterocycles. The summed E-state index contributed by atoms with van der Waals surface area (Å²) in [6.07, 6.45) is 0.636. The second-order valence-electron chi connectivity index (χ2n) is 4.99. The predicted molar refractivity (Wildman–Crippen MR) is 82.8 cm³/mol. The number of nitrogens with zero attached hydrogens (tertiary/aromatic N) is 1. The van der Waals surface area contributed by atoms with Crippen LogP contribution in [0.4, 0.5) is 10.6 Å². The first-order valence-electron chi connectivity index (χ1n) is 6.16. The normalized spacial score (nSPS) is 11.0. The fraction of sp³-hybridized carbons (Fsp3) is 0.462. The lowest BCUT2D eigenvalue weighted by atomic mass is 10.2. The molecule has 1 aromatic rings. The average molecular weight is 380 g/mol. The number of aromatic nitrogens is 1. The minimum Gasteiger partial charge on any atom is -0.462 e. The lowest BCUT2D eigenvalue weighted by Crippen LogP contribution is -2.28. The first-order valence-corrected chi connectivity index (χ1v) is 7.34. The molecule has 0 saturated carbocycles. The monoisotopic (exact) mass is 378 g/mol. The summed E-state index contributed by atoms with van der Waals surface area (Å²) < 4.78 is 10.4. The van der Waals surface area contributed by atoms with E-state index in [9.17, 15) is 9.59 Å². The van der Waals surface area contributed by atoms with Gasteiger partial charge in [-0.2, -0.15) is 0 Å². The van der Waals surface area contributed by atoms with Crippen molar-refractivity contribution in [3.05, 3.63) is 21.3 Å². The maximum atomic E-state index is 11.9. The maximum absolute atomic E-state index is 11.9. The number of esters is 1. The third-order valence-electron chi connectivity index (χ3n) is 2.07. The molecule has 116 valence electrons. The second-order valence-corrected chi connectivity index (χ2v) is 6.22.